The number of nitrogens with one attached hydrogen (secondary N) is 1. The van der Waals surface area contributed by atoms with E-state index in [0.717, 1.165) is 12.3 Å². The van der Waals surface area contributed by atoms with Crippen LogP contribution in [0.3, 0.4) is 0 Å². The van der Waals surface area contributed by atoms with Crippen molar-refractivity contribution in [3.63, 3.8) is 0 Å². The Morgan fingerprint density at radius 2 is 1.80 bits per heavy atom. The molecule has 0 radical (unpaired) electrons. The average Bonchev–Trinajstić information content (AvgIpc) is 2.84. The summed E-state index contributed by atoms with van der Waals surface area (Å²) in [6.45, 7) is 9.54. The first-order chi connectivity index (χ1) is 9.58. The summed E-state index contributed by atoms with van der Waals surface area (Å²) in [6, 6.07) is 4.64. The molecule has 0 saturated heterocycles. The smallest absolute Gasteiger partial charge is 0.122 e. The molecule has 2 nitrogen and oxygen atoms in total. The van der Waals surface area contributed by atoms with Crippen molar-refractivity contribution >= 4 is 11.3 Å². The van der Waals surface area contributed by atoms with Crippen molar-refractivity contribution in [2.45, 2.75) is 33.7 Å². The van der Waals surface area contributed by atoms with E-state index in [0.29, 0.717) is 0 Å². The lowest BCUT2D eigenvalue weighted by molar-refractivity contribution is 0.411. The van der Waals surface area contributed by atoms with Gasteiger partial charge < -0.3 is 10.1 Å². The zero-order chi connectivity index (χ0) is 14.7. The molecule has 1 heterocycles. The highest BCUT2D eigenvalue weighted by atomic mass is 32.1. The third kappa shape index (κ3) is 2.89. The Morgan fingerprint density at radius 1 is 1.05 bits per heavy atom. The SMILES string of the molecule is CCNC(c1cscc1C)c1cc(C)c(OC)cc1C. The lowest BCUT2D eigenvalue weighted by Crippen LogP contribution is -2.23. The Kier molecular flexibility index (Phi) is 4.84. The quantitative estimate of drug-likeness (QED) is 0.882. The fourth-order valence-corrected chi connectivity index (χ4v) is 3.48. The van der Waals surface area contributed by atoms with Crippen LogP contribution in [0.25, 0.3) is 0 Å². The summed E-state index contributed by atoms with van der Waals surface area (Å²) in [4.78, 5) is 0. The Bertz CT molecular complexity index is 589. The second-order valence-electron chi connectivity index (χ2n) is 5.18. The van der Waals surface area contributed by atoms with E-state index in [4.69, 9.17) is 4.74 Å². The highest BCUT2D eigenvalue weighted by molar-refractivity contribution is 7.08. The van der Waals surface area contributed by atoms with Crippen LogP contribution in [0.2, 0.25) is 0 Å². The summed E-state index contributed by atoms with van der Waals surface area (Å²) in [5.74, 6) is 0.962. The largest absolute Gasteiger partial charge is 0.496 e. The van der Waals surface area contributed by atoms with Crippen molar-refractivity contribution in [3.8, 4) is 5.75 Å². The molecule has 1 unspecified atom stereocenters. The van der Waals surface area contributed by atoms with Gasteiger partial charge in [-0.05, 0) is 72.0 Å². The van der Waals surface area contributed by atoms with E-state index in [1.165, 1.54) is 27.8 Å². The van der Waals surface area contributed by atoms with Crippen molar-refractivity contribution in [2.75, 3.05) is 13.7 Å². The number of rotatable bonds is 5. The van der Waals surface area contributed by atoms with Crippen LogP contribution >= 0.6 is 11.3 Å². The van der Waals surface area contributed by atoms with E-state index >= 15 is 0 Å². The summed E-state index contributed by atoms with van der Waals surface area (Å²) >= 11 is 1.77. The predicted molar refractivity (Wildman–Crippen MR) is 87.0 cm³/mol. The molecule has 0 aliphatic heterocycles. The third-order valence-corrected chi connectivity index (χ3v) is 4.59. The molecular formula is C17H23NOS. The number of methoxy groups -OCH3 is 1. The Balaban J connectivity index is 2.50. The number of hydrogen-bond acceptors (Lipinski definition) is 3. The first-order valence-corrected chi connectivity index (χ1v) is 7.94. The summed E-state index contributed by atoms with van der Waals surface area (Å²) in [5.41, 5.74) is 6.53. The molecule has 2 rings (SSSR count). The van der Waals surface area contributed by atoms with Crippen LogP contribution < -0.4 is 10.1 Å². The average molecular weight is 289 g/mol. The summed E-state index contributed by atoms with van der Waals surface area (Å²) < 4.78 is 5.42. The lowest BCUT2D eigenvalue weighted by atomic mass is 9.93. The number of ether oxygens (including phenoxy) is 1. The first kappa shape index (κ1) is 15.1. The fraction of sp³-hybridized carbons (Fsp3) is 0.412. The maximum atomic E-state index is 5.42. The maximum absolute atomic E-state index is 5.42. The maximum Gasteiger partial charge on any atom is 0.122 e. The zero-order valence-corrected chi connectivity index (χ0v) is 13.7. The van der Waals surface area contributed by atoms with Crippen molar-refractivity contribution in [3.05, 3.63) is 50.7 Å². The van der Waals surface area contributed by atoms with Crippen molar-refractivity contribution < 1.29 is 4.74 Å². The minimum atomic E-state index is 0.260. The van der Waals surface area contributed by atoms with Gasteiger partial charge in [0, 0.05) is 0 Å². The highest BCUT2D eigenvalue weighted by Gasteiger charge is 2.19. The third-order valence-electron chi connectivity index (χ3n) is 3.71. The van der Waals surface area contributed by atoms with E-state index in [1.54, 1.807) is 18.4 Å². The van der Waals surface area contributed by atoms with Crippen LogP contribution in [0.1, 0.15) is 40.8 Å². The molecule has 1 atom stereocenters. The van der Waals surface area contributed by atoms with E-state index in [9.17, 15) is 0 Å². The van der Waals surface area contributed by atoms with Gasteiger partial charge in [0.15, 0.2) is 0 Å². The van der Waals surface area contributed by atoms with Gasteiger partial charge in [-0.15, -0.1) is 0 Å². The molecule has 3 heteroatoms. The topological polar surface area (TPSA) is 21.3 Å². The Hall–Kier alpha value is -1.32. The summed E-state index contributed by atoms with van der Waals surface area (Å²) in [5, 5.41) is 8.08. The summed E-state index contributed by atoms with van der Waals surface area (Å²) in [6.07, 6.45) is 0. The molecule has 20 heavy (non-hydrogen) atoms. The van der Waals surface area contributed by atoms with Crippen LogP contribution in [-0.2, 0) is 0 Å². The molecule has 108 valence electrons. The van der Waals surface area contributed by atoms with Gasteiger partial charge in [-0.25, -0.2) is 0 Å². The number of aryl methyl sites for hydroxylation is 3. The van der Waals surface area contributed by atoms with E-state index in [1.807, 2.05) is 0 Å². The van der Waals surface area contributed by atoms with E-state index in [2.05, 4.69) is 55.9 Å². The first-order valence-electron chi connectivity index (χ1n) is 6.99. The molecule has 1 aromatic heterocycles. The Labute approximate surface area is 125 Å². The van der Waals surface area contributed by atoms with E-state index in [-0.39, 0.29) is 6.04 Å². The van der Waals surface area contributed by atoms with Crippen LogP contribution in [0, 0.1) is 20.8 Å². The van der Waals surface area contributed by atoms with Crippen LogP contribution in [0.15, 0.2) is 22.9 Å². The highest BCUT2D eigenvalue weighted by Crippen LogP contribution is 2.32. The van der Waals surface area contributed by atoms with Gasteiger partial charge >= 0.3 is 0 Å². The monoisotopic (exact) mass is 289 g/mol. The minimum Gasteiger partial charge on any atom is -0.496 e. The number of hydrogen-bond donors (Lipinski definition) is 1. The molecule has 0 bridgehead atoms. The molecule has 1 aromatic carbocycles. The van der Waals surface area contributed by atoms with Crippen LogP contribution in [-0.4, -0.2) is 13.7 Å². The van der Waals surface area contributed by atoms with Crippen molar-refractivity contribution in [1.29, 1.82) is 0 Å². The molecule has 0 aliphatic carbocycles. The molecule has 1 N–H and O–H groups in total. The molecule has 0 aliphatic rings. The van der Waals surface area contributed by atoms with Gasteiger partial charge in [0.1, 0.15) is 5.75 Å². The summed E-state index contributed by atoms with van der Waals surface area (Å²) in [7, 11) is 1.73. The molecule has 0 amide bonds. The van der Waals surface area contributed by atoms with Gasteiger partial charge in [0.2, 0.25) is 0 Å². The van der Waals surface area contributed by atoms with Gasteiger partial charge in [-0.1, -0.05) is 13.0 Å². The molecule has 0 fully saturated rings. The normalized spacial score (nSPS) is 12.4. The molecule has 2 aromatic rings. The number of thiophene rings is 1. The van der Waals surface area contributed by atoms with Gasteiger partial charge in [-0.3, -0.25) is 0 Å². The standard InChI is InChI=1S/C17H23NOS/c1-6-18-17(15-10-20-9-13(15)4)14-7-12(3)16(19-5)8-11(14)2/h7-10,17-18H,6H2,1-5H3. The van der Waals surface area contributed by atoms with Crippen molar-refractivity contribution in [1.82, 2.24) is 5.32 Å². The second-order valence-corrected chi connectivity index (χ2v) is 5.92. The molecule has 0 spiro atoms. The lowest BCUT2D eigenvalue weighted by Gasteiger charge is -2.22. The minimum absolute atomic E-state index is 0.260. The van der Waals surface area contributed by atoms with Crippen LogP contribution in [0.5, 0.6) is 5.75 Å². The molecule has 0 saturated carbocycles. The van der Waals surface area contributed by atoms with Gasteiger partial charge in [0.25, 0.3) is 0 Å². The second kappa shape index (κ2) is 6.42. The predicted octanol–water partition coefficient (Wildman–Crippen LogP) is 4.38. The van der Waals surface area contributed by atoms with Crippen LogP contribution in [0.4, 0.5) is 0 Å². The van der Waals surface area contributed by atoms with Crippen molar-refractivity contribution in [2.24, 2.45) is 0 Å². The van der Waals surface area contributed by atoms with Gasteiger partial charge in [0.05, 0.1) is 13.2 Å². The van der Waals surface area contributed by atoms with E-state index < -0.39 is 0 Å². The zero-order valence-electron chi connectivity index (χ0n) is 12.9. The molecular weight excluding hydrogens is 266 g/mol. The Morgan fingerprint density at radius 3 is 2.35 bits per heavy atom. The number of benzene rings is 1. The fourth-order valence-electron chi connectivity index (χ4n) is 2.60. The van der Waals surface area contributed by atoms with Gasteiger partial charge in [-0.2, -0.15) is 11.3 Å².